The summed E-state index contributed by atoms with van der Waals surface area (Å²) in [6.07, 6.45) is 1.18. The van der Waals surface area contributed by atoms with Crippen LogP contribution in [0.25, 0.3) is 0 Å². The predicted molar refractivity (Wildman–Crippen MR) is 72.3 cm³/mol. The van der Waals surface area contributed by atoms with E-state index in [4.69, 9.17) is 11.0 Å². The van der Waals surface area contributed by atoms with Crippen molar-refractivity contribution >= 4 is 23.4 Å². The van der Waals surface area contributed by atoms with Crippen LogP contribution >= 0.6 is 11.8 Å². The molecule has 1 aromatic rings. The van der Waals surface area contributed by atoms with E-state index in [0.717, 1.165) is 16.1 Å². The van der Waals surface area contributed by atoms with Crippen molar-refractivity contribution in [2.24, 2.45) is 5.73 Å². The molecule has 2 N–H and O–H groups in total. The summed E-state index contributed by atoms with van der Waals surface area (Å²) >= 11 is 1.56. The van der Waals surface area contributed by atoms with E-state index in [1.54, 1.807) is 16.7 Å². The maximum Gasteiger partial charge on any atom is 0.237 e. The highest BCUT2D eigenvalue weighted by Gasteiger charge is 2.24. The number of carbonyl (C=O) groups excluding carboxylic acids is 1. The first-order chi connectivity index (χ1) is 8.76. The molecule has 1 aliphatic rings. The van der Waals surface area contributed by atoms with Gasteiger partial charge < -0.3 is 10.6 Å². The third-order valence-corrected chi connectivity index (χ3v) is 3.92. The number of hydrogen-bond acceptors (Lipinski definition) is 4. The fourth-order valence-electron chi connectivity index (χ4n) is 1.94. The number of thioether (sulfide) groups is 1. The van der Waals surface area contributed by atoms with Crippen LogP contribution in [0.4, 0.5) is 5.69 Å². The van der Waals surface area contributed by atoms with Crippen molar-refractivity contribution in [3.05, 3.63) is 23.8 Å². The van der Waals surface area contributed by atoms with E-state index in [1.807, 2.05) is 18.2 Å². The highest BCUT2D eigenvalue weighted by atomic mass is 32.2. The Labute approximate surface area is 111 Å². The molecule has 0 aliphatic carbocycles. The van der Waals surface area contributed by atoms with E-state index < -0.39 is 0 Å². The zero-order valence-electron chi connectivity index (χ0n) is 10.1. The van der Waals surface area contributed by atoms with Crippen LogP contribution in [-0.4, -0.2) is 18.2 Å². The molecule has 2 rings (SSSR count). The first-order valence-corrected chi connectivity index (χ1v) is 6.88. The summed E-state index contributed by atoms with van der Waals surface area (Å²) in [6, 6.07) is 8.10. The van der Waals surface area contributed by atoms with Gasteiger partial charge in [-0.1, -0.05) is 6.07 Å². The highest BCUT2D eigenvalue weighted by molar-refractivity contribution is 8.00. The van der Waals surface area contributed by atoms with Crippen molar-refractivity contribution in [2.45, 2.75) is 24.3 Å². The Kier molecular flexibility index (Phi) is 4.24. The second-order valence-corrected chi connectivity index (χ2v) is 5.12. The maximum atomic E-state index is 11.9. The summed E-state index contributed by atoms with van der Waals surface area (Å²) in [7, 11) is 0. The van der Waals surface area contributed by atoms with Gasteiger partial charge in [0.25, 0.3) is 0 Å². The fraction of sp³-hybridized carbons (Fsp3) is 0.385. The number of fused-ring (bicyclic) bond motifs is 1. The molecule has 1 heterocycles. The Bertz CT molecular complexity index is 495. The SMILES string of the molecule is N#CCCCN1C(=O)CSc2ccc(CN)cc21. The van der Waals surface area contributed by atoms with Gasteiger partial charge >= 0.3 is 0 Å². The predicted octanol–water partition coefficient (Wildman–Crippen LogP) is 1.89. The molecule has 0 spiro atoms. The summed E-state index contributed by atoms with van der Waals surface area (Å²) in [4.78, 5) is 14.8. The van der Waals surface area contributed by atoms with E-state index in [-0.39, 0.29) is 5.91 Å². The van der Waals surface area contributed by atoms with E-state index in [1.165, 1.54) is 0 Å². The molecule has 0 bridgehead atoms. The monoisotopic (exact) mass is 261 g/mol. The van der Waals surface area contributed by atoms with Crippen LogP contribution in [-0.2, 0) is 11.3 Å². The van der Waals surface area contributed by atoms with Crippen LogP contribution in [0.3, 0.4) is 0 Å². The molecule has 94 valence electrons. The summed E-state index contributed by atoms with van der Waals surface area (Å²) < 4.78 is 0. The largest absolute Gasteiger partial charge is 0.326 e. The lowest BCUT2D eigenvalue weighted by Crippen LogP contribution is -2.36. The van der Waals surface area contributed by atoms with Crippen LogP contribution in [0.15, 0.2) is 23.1 Å². The van der Waals surface area contributed by atoms with Crippen molar-refractivity contribution in [1.29, 1.82) is 5.26 Å². The fourth-order valence-corrected chi connectivity index (χ4v) is 2.85. The number of rotatable bonds is 4. The minimum atomic E-state index is 0.111. The molecule has 0 saturated heterocycles. The lowest BCUT2D eigenvalue weighted by molar-refractivity contribution is -0.116. The number of carbonyl (C=O) groups is 1. The topological polar surface area (TPSA) is 70.1 Å². The van der Waals surface area contributed by atoms with Gasteiger partial charge in [-0.05, 0) is 24.1 Å². The number of benzene rings is 1. The number of anilines is 1. The van der Waals surface area contributed by atoms with Gasteiger partial charge in [0.2, 0.25) is 5.91 Å². The molecule has 0 aromatic heterocycles. The second-order valence-electron chi connectivity index (χ2n) is 4.10. The van der Waals surface area contributed by atoms with Gasteiger partial charge in [-0.2, -0.15) is 5.26 Å². The van der Waals surface area contributed by atoms with Crippen LogP contribution in [0, 0.1) is 11.3 Å². The molecular formula is C13H15N3OS. The lowest BCUT2D eigenvalue weighted by atomic mass is 10.1. The van der Waals surface area contributed by atoms with Gasteiger partial charge in [0.15, 0.2) is 0 Å². The number of unbranched alkanes of at least 4 members (excludes halogenated alkanes) is 1. The zero-order chi connectivity index (χ0) is 13.0. The number of nitriles is 1. The van der Waals surface area contributed by atoms with Crippen molar-refractivity contribution in [1.82, 2.24) is 0 Å². The third-order valence-electron chi connectivity index (χ3n) is 2.87. The highest BCUT2D eigenvalue weighted by Crippen LogP contribution is 2.36. The van der Waals surface area contributed by atoms with Gasteiger partial charge in [0, 0.05) is 24.4 Å². The van der Waals surface area contributed by atoms with Gasteiger partial charge in [0.05, 0.1) is 17.5 Å². The molecule has 0 radical (unpaired) electrons. The standard InChI is InChI=1S/C13H15N3OS/c14-5-1-2-6-16-11-7-10(8-15)3-4-12(11)18-9-13(16)17/h3-4,7H,1-2,6,8-9,15H2. The molecule has 1 aliphatic heterocycles. The normalized spacial score (nSPS) is 14.2. The molecule has 4 nitrogen and oxygen atoms in total. The van der Waals surface area contributed by atoms with E-state index in [0.29, 0.717) is 31.7 Å². The van der Waals surface area contributed by atoms with Crippen molar-refractivity contribution < 1.29 is 4.79 Å². The van der Waals surface area contributed by atoms with Crippen LogP contribution in [0.5, 0.6) is 0 Å². The number of amides is 1. The van der Waals surface area contributed by atoms with Gasteiger partial charge in [-0.15, -0.1) is 11.8 Å². The molecule has 1 amide bonds. The van der Waals surface area contributed by atoms with Crippen molar-refractivity contribution in [3.63, 3.8) is 0 Å². The number of hydrogen-bond donors (Lipinski definition) is 1. The quantitative estimate of drug-likeness (QED) is 0.840. The molecule has 0 saturated carbocycles. The molecule has 18 heavy (non-hydrogen) atoms. The summed E-state index contributed by atoms with van der Waals surface area (Å²) in [5.41, 5.74) is 7.60. The maximum absolute atomic E-state index is 11.9. The summed E-state index contributed by atoms with van der Waals surface area (Å²) in [5.74, 6) is 0.584. The van der Waals surface area contributed by atoms with Crippen LogP contribution in [0.2, 0.25) is 0 Å². The first-order valence-electron chi connectivity index (χ1n) is 5.89. The Morgan fingerprint density at radius 3 is 3.06 bits per heavy atom. The van der Waals surface area contributed by atoms with E-state index in [2.05, 4.69) is 6.07 Å². The lowest BCUT2D eigenvalue weighted by Gasteiger charge is -2.29. The first kappa shape index (κ1) is 12.9. The molecule has 0 atom stereocenters. The van der Waals surface area contributed by atoms with Crippen LogP contribution in [0.1, 0.15) is 18.4 Å². The Morgan fingerprint density at radius 1 is 1.50 bits per heavy atom. The van der Waals surface area contributed by atoms with Crippen molar-refractivity contribution in [2.75, 3.05) is 17.2 Å². The Balaban J connectivity index is 2.25. The zero-order valence-corrected chi connectivity index (χ0v) is 10.9. The molecule has 1 aromatic carbocycles. The van der Waals surface area contributed by atoms with Crippen LogP contribution < -0.4 is 10.6 Å². The third kappa shape index (κ3) is 2.66. The summed E-state index contributed by atoms with van der Waals surface area (Å²) in [5, 5.41) is 8.56. The van der Waals surface area contributed by atoms with Gasteiger partial charge in [0.1, 0.15) is 0 Å². The summed E-state index contributed by atoms with van der Waals surface area (Å²) in [6.45, 7) is 1.08. The molecule has 5 heteroatoms. The molecular weight excluding hydrogens is 246 g/mol. The van der Waals surface area contributed by atoms with Gasteiger partial charge in [-0.25, -0.2) is 0 Å². The smallest absolute Gasteiger partial charge is 0.237 e. The number of nitrogens with two attached hydrogens (primary N) is 1. The molecule has 0 unspecified atom stereocenters. The minimum absolute atomic E-state index is 0.111. The Morgan fingerprint density at radius 2 is 2.33 bits per heavy atom. The Hall–Kier alpha value is -1.51. The molecule has 0 fully saturated rings. The van der Waals surface area contributed by atoms with E-state index in [9.17, 15) is 4.79 Å². The van der Waals surface area contributed by atoms with Gasteiger partial charge in [-0.3, -0.25) is 4.79 Å². The van der Waals surface area contributed by atoms with E-state index >= 15 is 0 Å². The van der Waals surface area contributed by atoms with Crippen molar-refractivity contribution in [3.8, 4) is 6.07 Å². The average molecular weight is 261 g/mol. The minimum Gasteiger partial charge on any atom is -0.326 e. The second kappa shape index (κ2) is 5.89. The average Bonchev–Trinajstić information content (AvgIpc) is 2.41. The number of nitrogens with zero attached hydrogens (tertiary/aromatic N) is 2.